The maximum absolute atomic E-state index is 11.7. The molecule has 0 saturated carbocycles. The number of benzene rings is 3. The molecule has 2 atom stereocenters. The van der Waals surface area contributed by atoms with Gasteiger partial charge in [0.2, 0.25) is 0 Å². The van der Waals surface area contributed by atoms with E-state index < -0.39 is 11.2 Å². The maximum atomic E-state index is 11.7. The molecule has 3 aromatic carbocycles. The normalized spacial score (nSPS) is 15.4. The largest absolute Gasteiger partial charge is 0.497 e. The summed E-state index contributed by atoms with van der Waals surface area (Å²) in [4.78, 5) is 13.5. The number of nitro groups is 1. The molecule has 9 nitrogen and oxygen atoms in total. The first-order valence-electron chi connectivity index (χ1n) is 12.6. The van der Waals surface area contributed by atoms with E-state index in [9.17, 15) is 10.1 Å². The monoisotopic (exact) mass is 558 g/mol. The van der Waals surface area contributed by atoms with Crippen LogP contribution in [-0.2, 0) is 12.8 Å². The Balaban J connectivity index is 0.00000420. The number of hydrogen-bond donors (Lipinski definition) is 0. The highest BCUT2D eigenvalue weighted by Crippen LogP contribution is 2.42. The molecule has 0 spiro atoms. The van der Waals surface area contributed by atoms with Crippen molar-refractivity contribution in [3.63, 3.8) is 0 Å². The first-order chi connectivity index (χ1) is 18.4. The second-order valence-corrected chi connectivity index (χ2v) is 9.00. The van der Waals surface area contributed by atoms with Crippen molar-refractivity contribution in [3.8, 4) is 28.7 Å². The lowest BCUT2D eigenvalue weighted by atomic mass is 9.87. The minimum Gasteiger partial charge on any atom is -0.497 e. The molecule has 1 aliphatic rings. The molecule has 0 radical (unpaired) electrons. The van der Waals surface area contributed by atoms with Gasteiger partial charge in [0.25, 0.3) is 0 Å². The van der Waals surface area contributed by atoms with E-state index in [-0.39, 0.29) is 29.9 Å². The van der Waals surface area contributed by atoms with Gasteiger partial charge in [-0.05, 0) is 60.2 Å². The fraction of sp³-hybridized carbons (Fsp3) is 0.379. The van der Waals surface area contributed by atoms with Crippen LogP contribution in [0.5, 0.6) is 28.7 Å². The first kappa shape index (κ1) is 29.9. The smallest absolute Gasteiger partial charge is 0.310 e. The van der Waals surface area contributed by atoms with E-state index in [0.717, 1.165) is 28.9 Å². The minimum absolute atomic E-state index is 0. The fourth-order valence-electron chi connectivity index (χ4n) is 5.09. The summed E-state index contributed by atoms with van der Waals surface area (Å²) >= 11 is 0. The van der Waals surface area contributed by atoms with Gasteiger partial charge in [-0.2, -0.15) is 0 Å². The molecule has 1 heterocycles. The van der Waals surface area contributed by atoms with Gasteiger partial charge >= 0.3 is 5.69 Å². The molecule has 0 aromatic heterocycles. The number of para-hydroxylation sites is 2. The standard InChI is InChI=1S/C29H34N2O7.ClH/c1-6-29(38-25-10-8-7-9-23(25)31(32)33)30-14-13-19-16-27(36-4)28(37-5)18-22(19)24(30)15-20-11-12-21(34-2)17-26(20)35-3;/h7-12,16-18,24,29H,6,13-15H2,1-5H3;1H. The molecule has 210 valence electrons. The van der Waals surface area contributed by atoms with Crippen LogP contribution in [0.15, 0.2) is 54.6 Å². The molecule has 3 aromatic rings. The Morgan fingerprint density at radius 2 is 1.62 bits per heavy atom. The molecule has 4 rings (SSSR count). The van der Waals surface area contributed by atoms with Gasteiger partial charge in [0.15, 0.2) is 23.5 Å². The Morgan fingerprint density at radius 1 is 0.923 bits per heavy atom. The van der Waals surface area contributed by atoms with Crippen molar-refractivity contribution in [1.82, 2.24) is 4.90 Å². The molecule has 0 fully saturated rings. The SMILES string of the molecule is CCC(Oc1ccccc1[N+](=O)[O-])N1CCc2cc(OC)c(OC)cc2C1Cc1ccc(OC)cc1OC.Cl. The summed E-state index contributed by atoms with van der Waals surface area (Å²) in [6.07, 6.45) is 1.62. The number of methoxy groups -OCH3 is 4. The minimum atomic E-state index is -0.412. The van der Waals surface area contributed by atoms with Crippen LogP contribution in [0.1, 0.15) is 36.1 Å². The van der Waals surface area contributed by atoms with Crippen molar-refractivity contribution in [3.05, 3.63) is 81.4 Å². The Kier molecular flexibility index (Phi) is 10.3. The molecule has 2 unspecified atom stereocenters. The fourth-order valence-corrected chi connectivity index (χ4v) is 5.09. The summed E-state index contributed by atoms with van der Waals surface area (Å²) in [7, 11) is 6.52. The number of halogens is 1. The third-order valence-corrected chi connectivity index (χ3v) is 7.00. The zero-order valence-corrected chi connectivity index (χ0v) is 23.7. The van der Waals surface area contributed by atoms with Crippen LogP contribution in [0.4, 0.5) is 5.69 Å². The molecule has 1 aliphatic heterocycles. The summed E-state index contributed by atoms with van der Waals surface area (Å²) < 4.78 is 28.7. The lowest BCUT2D eigenvalue weighted by Gasteiger charge is -2.42. The summed E-state index contributed by atoms with van der Waals surface area (Å²) in [6.45, 7) is 2.72. The van der Waals surface area contributed by atoms with Crippen molar-refractivity contribution in [2.45, 2.75) is 38.5 Å². The average molecular weight is 559 g/mol. The molecule has 0 saturated heterocycles. The van der Waals surface area contributed by atoms with E-state index in [1.807, 2.05) is 37.3 Å². The van der Waals surface area contributed by atoms with Gasteiger partial charge in [0.1, 0.15) is 11.5 Å². The lowest BCUT2D eigenvalue weighted by Crippen LogP contribution is -2.46. The molecule has 0 N–H and O–H groups in total. The third-order valence-electron chi connectivity index (χ3n) is 7.00. The van der Waals surface area contributed by atoms with E-state index in [1.165, 1.54) is 6.07 Å². The van der Waals surface area contributed by atoms with E-state index >= 15 is 0 Å². The summed E-state index contributed by atoms with van der Waals surface area (Å²) in [5, 5.41) is 11.7. The van der Waals surface area contributed by atoms with E-state index in [1.54, 1.807) is 46.6 Å². The van der Waals surface area contributed by atoms with Crippen molar-refractivity contribution in [2.24, 2.45) is 0 Å². The van der Waals surface area contributed by atoms with Gasteiger partial charge in [0.05, 0.1) is 33.4 Å². The van der Waals surface area contributed by atoms with Gasteiger partial charge in [-0.3, -0.25) is 15.0 Å². The number of nitro benzene ring substituents is 1. The summed E-state index contributed by atoms with van der Waals surface area (Å²) in [5.41, 5.74) is 3.21. The predicted molar refractivity (Wildman–Crippen MR) is 151 cm³/mol. The second kappa shape index (κ2) is 13.4. The number of fused-ring (bicyclic) bond motifs is 1. The summed E-state index contributed by atoms with van der Waals surface area (Å²) in [5.74, 6) is 3.02. The van der Waals surface area contributed by atoms with Crippen LogP contribution in [-0.4, -0.2) is 51.0 Å². The van der Waals surface area contributed by atoms with Crippen LogP contribution in [0.3, 0.4) is 0 Å². The highest BCUT2D eigenvalue weighted by Gasteiger charge is 2.35. The maximum Gasteiger partial charge on any atom is 0.310 e. The van der Waals surface area contributed by atoms with Crippen LogP contribution >= 0.6 is 12.4 Å². The quantitative estimate of drug-likeness (QED) is 0.209. The number of hydrogen-bond acceptors (Lipinski definition) is 8. The molecule has 0 bridgehead atoms. The molecular weight excluding hydrogens is 524 g/mol. The third kappa shape index (κ3) is 6.32. The first-order valence-corrected chi connectivity index (χ1v) is 12.6. The molecular formula is C29H35ClN2O7. The Bertz CT molecular complexity index is 1290. The van der Waals surface area contributed by atoms with Crippen LogP contribution in [0.25, 0.3) is 0 Å². The van der Waals surface area contributed by atoms with Crippen molar-refractivity contribution < 1.29 is 28.6 Å². The Labute approximate surface area is 235 Å². The van der Waals surface area contributed by atoms with E-state index in [0.29, 0.717) is 36.6 Å². The Hall–Kier alpha value is -3.69. The highest BCUT2D eigenvalue weighted by atomic mass is 35.5. The van der Waals surface area contributed by atoms with E-state index in [2.05, 4.69) is 4.90 Å². The molecule has 0 aliphatic carbocycles. The molecule has 0 amide bonds. The number of rotatable bonds is 11. The van der Waals surface area contributed by atoms with Crippen molar-refractivity contribution in [1.29, 1.82) is 0 Å². The van der Waals surface area contributed by atoms with Gasteiger partial charge < -0.3 is 23.7 Å². The van der Waals surface area contributed by atoms with E-state index in [4.69, 9.17) is 23.7 Å². The zero-order chi connectivity index (χ0) is 27.2. The van der Waals surface area contributed by atoms with Crippen LogP contribution in [0.2, 0.25) is 0 Å². The number of nitrogens with zero attached hydrogens (tertiary/aromatic N) is 2. The zero-order valence-electron chi connectivity index (χ0n) is 22.8. The Morgan fingerprint density at radius 3 is 2.26 bits per heavy atom. The predicted octanol–water partition coefficient (Wildman–Crippen LogP) is 6.01. The van der Waals surface area contributed by atoms with Crippen molar-refractivity contribution >= 4 is 18.1 Å². The van der Waals surface area contributed by atoms with Crippen LogP contribution in [0, 0.1) is 10.1 Å². The van der Waals surface area contributed by atoms with Gasteiger partial charge in [-0.15, -0.1) is 12.4 Å². The summed E-state index contributed by atoms with van der Waals surface area (Å²) in [6, 6.07) is 16.2. The number of ether oxygens (including phenoxy) is 5. The second-order valence-electron chi connectivity index (χ2n) is 9.00. The van der Waals surface area contributed by atoms with Gasteiger partial charge in [-0.25, -0.2) is 0 Å². The van der Waals surface area contributed by atoms with Crippen LogP contribution < -0.4 is 23.7 Å². The van der Waals surface area contributed by atoms with Crippen molar-refractivity contribution in [2.75, 3.05) is 35.0 Å². The molecule has 39 heavy (non-hydrogen) atoms. The lowest BCUT2D eigenvalue weighted by molar-refractivity contribution is -0.386. The van der Waals surface area contributed by atoms with Gasteiger partial charge in [-0.1, -0.05) is 25.1 Å². The average Bonchev–Trinajstić information content (AvgIpc) is 2.95. The molecule has 10 heteroatoms. The highest BCUT2D eigenvalue weighted by molar-refractivity contribution is 5.85. The topological polar surface area (TPSA) is 92.5 Å². The van der Waals surface area contributed by atoms with Gasteiger partial charge in [0, 0.05) is 24.7 Å².